The van der Waals surface area contributed by atoms with Crippen LogP contribution >= 0.6 is 15.9 Å². The fraction of sp³-hybridized carbons (Fsp3) is 0.500. The van der Waals surface area contributed by atoms with Crippen LogP contribution in [0, 0.1) is 11.3 Å². The minimum atomic E-state index is -0.205. The monoisotopic (exact) mass is 277 g/mol. The molecule has 1 aliphatic carbocycles. The highest BCUT2D eigenvalue weighted by atomic mass is 79.9. The molecule has 1 nitrogen and oxygen atoms in total. The molecule has 1 saturated carbocycles. The molecule has 0 heterocycles. The Bertz CT molecular complexity index is 382. The summed E-state index contributed by atoms with van der Waals surface area (Å²) in [5.41, 5.74) is 2.27. The van der Waals surface area contributed by atoms with Gasteiger partial charge in [-0.3, -0.25) is 0 Å². The number of hydrogen-bond acceptors (Lipinski definition) is 1. The molecule has 84 valence electrons. The maximum absolute atomic E-state index is 9.46. The van der Waals surface area contributed by atoms with Crippen LogP contribution in [-0.2, 0) is 10.7 Å². The lowest BCUT2D eigenvalue weighted by Gasteiger charge is -2.31. The Morgan fingerprint density at radius 1 is 1.12 bits per heavy atom. The lowest BCUT2D eigenvalue weighted by Crippen LogP contribution is -2.26. The van der Waals surface area contributed by atoms with Crippen LogP contribution < -0.4 is 0 Å². The van der Waals surface area contributed by atoms with Crippen LogP contribution in [0.1, 0.15) is 43.2 Å². The normalized spacial score (nSPS) is 19.0. The van der Waals surface area contributed by atoms with Gasteiger partial charge in [0.15, 0.2) is 0 Å². The van der Waals surface area contributed by atoms with Crippen LogP contribution in [0.25, 0.3) is 0 Å². The quantitative estimate of drug-likeness (QED) is 0.739. The van der Waals surface area contributed by atoms with Gasteiger partial charge in [-0.2, -0.15) is 5.26 Å². The van der Waals surface area contributed by atoms with Gasteiger partial charge in [-0.05, 0) is 24.0 Å². The Labute approximate surface area is 106 Å². The summed E-state index contributed by atoms with van der Waals surface area (Å²) in [6, 6.07) is 11.1. The maximum Gasteiger partial charge on any atom is 0.0822 e. The summed E-state index contributed by atoms with van der Waals surface area (Å²) < 4.78 is 0. The average Bonchev–Trinajstić information content (AvgIpc) is 2.39. The second kappa shape index (κ2) is 5.01. The summed E-state index contributed by atoms with van der Waals surface area (Å²) in [5.74, 6) is 0. The van der Waals surface area contributed by atoms with Gasteiger partial charge < -0.3 is 0 Å². The molecular formula is C14H16BrN. The molecule has 1 aromatic carbocycles. The zero-order valence-corrected chi connectivity index (χ0v) is 11.0. The first-order valence-corrected chi connectivity index (χ1v) is 6.99. The second-order valence-corrected chi connectivity index (χ2v) is 5.15. The van der Waals surface area contributed by atoms with Crippen molar-refractivity contribution < 1.29 is 0 Å². The summed E-state index contributed by atoms with van der Waals surface area (Å²) in [5, 5.41) is 10.3. The standard InChI is InChI=1S/C14H16BrN/c15-10-12-4-6-13(7-5-12)14(11-16)8-2-1-3-9-14/h4-7H,1-3,8-10H2. The van der Waals surface area contributed by atoms with Gasteiger partial charge in [0, 0.05) is 5.33 Å². The van der Waals surface area contributed by atoms with E-state index in [1.807, 2.05) is 0 Å². The van der Waals surface area contributed by atoms with Crippen molar-refractivity contribution in [3.8, 4) is 6.07 Å². The summed E-state index contributed by atoms with van der Waals surface area (Å²) in [6.45, 7) is 0. The van der Waals surface area contributed by atoms with Crippen LogP contribution in [0.2, 0.25) is 0 Å². The molecule has 0 aromatic heterocycles. The molecule has 1 aromatic rings. The number of nitriles is 1. The lowest BCUT2D eigenvalue weighted by molar-refractivity contribution is 0.366. The molecule has 1 fully saturated rings. The van der Waals surface area contributed by atoms with Crippen molar-refractivity contribution in [3.63, 3.8) is 0 Å². The van der Waals surface area contributed by atoms with E-state index < -0.39 is 0 Å². The van der Waals surface area contributed by atoms with Crippen molar-refractivity contribution in [2.75, 3.05) is 0 Å². The fourth-order valence-corrected chi connectivity index (χ4v) is 2.91. The third-order valence-corrected chi connectivity index (χ3v) is 4.23. The largest absolute Gasteiger partial charge is 0.197 e. The number of hydrogen-bond donors (Lipinski definition) is 0. The maximum atomic E-state index is 9.46. The van der Waals surface area contributed by atoms with Crippen LogP contribution in [0.3, 0.4) is 0 Å². The molecule has 2 heteroatoms. The molecule has 2 rings (SSSR count). The minimum Gasteiger partial charge on any atom is -0.197 e. The average molecular weight is 278 g/mol. The van der Waals surface area contributed by atoms with Crippen molar-refractivity contribution in [3.05, 3.63) is 35.4 Å². The third kappa shape index (κ3) is 2.15. The number of nitrogens with zero attached hydrogens (tertiary/aromatic N) is 1. The summed E-state index contributed by atoms with van der Waals surface area (Å²) in [7, 11) is 0. The molecule has 16 heavy (non-hydrogen) atoms. The first-order chi connectivity index (χ1) is 7.80. The zero-order chi connectivity index (χ0) is 11.4. The molecule has 0 saturated heterocycles. The Hall–Kier alpha value is -0.810. The topological polar surface area (TPSA) is 23.8 Å². The van der Waals surface area contributed by atoms with Gasteiger partial charge in [0.1, 0.15) is 0 Å². The summed E-state index contributed by atoms with van der Waals surface area (Å²) >= 11 is 3.44. The van der Waals surface area contributed by atoms with E-state index in [2.05, 4.69) is 46.3 Å². The van der Waals surface area contributed by atoms with E-state index in [0.29, 0.717) is 0 Å². The highest BCUT2D eigenvalue weighted by Gasteiger charge is 2.33. The number of benzene rings is 1. The number of halogens is 1. The van der Waals surface area contributed by atoms with E-state index >= 15 is 0 Å². The SMILES string of the molecule is N#CC1(c2ccc(CBr)cc2)CCCCC1. The Morgan fingerprint density at radius 2 is 1.75 bits per heavy atom. The van der Waals surface area contributed by atoms with Gasteiger partial charge in [0.25, 0.3) is 0 Å². The van der Waals surface area contributed by atoms with Gasteiger partial charge in [-0.1, -0.05) is 59.5 Å². The van der Waals surface area contributed by atoms with E-state index in [4.69, 9.17) is 0 Å². The van der Waals surface area contributed by atoms with Crippen molar-refractivity contribution in [1.82, 2.24) is 0 Å². The molecule has 0 unspecified atom stereocenters. The highest BCUT2D eigenvalue weighted by molar-refractivity contribution is 9.08. The molecule has 0 radical (unpaired) electrons. The fourth-order valence-electron chi connectivity index (χ4n) is 2.53. The van der Waals surface area contributed by atoms with Gasteiger partial charge in [0.2, 0.25) is 0 Å². The number of alkyl halides is 1. The van der Waals surface area contributed by atoms with Crippen LogP contribution in [0.4, 0.5) is 0 Å². The van der Waals surface area contributed by atoms with Crippen LogP contribution in [0.5, 0.6) is 0 Å². The van der Waals surface area contributed by atoms with Crippen molar-refractivity contribution in [2.24, 2.45) is 0 Å². The van der Waals surface area contributed by atoms with Gasteiger partial charge in [0.05, 0.1) is 11.5 Å². The highest BCUT2D eigenvalue weighted by Crippen LogP contribution is 2.38. The van der Waals surface area contributed by atoms with Crippen molar-refractivity contribution >= 4 is 15.9 Å². The molecule has 0 amide bonds. The predicted molar refractivity (Wildman–Crippen MR) is 69.4 cm³/mol. The van der Waals surface area contributed by atoms with Crippen molar-refractivity contribution in [1.29, 1.82) is 5.26 Å². The van der Waals surface area contributed by atoms with E-state index in [9.17, 15) is 5.26 Å². The van der Waals surface area contributed by atoms with Gasteiger partial charge >= 0.3 is 0 Å². The molecule has 0 aliphatic heterocycles. The first kappa shape index (κ1) is 11.7. The van der Waals surface area contributed by atoms with Gasteiger partial charge in [-0.25, -0.2) is 0 Å². The zero-order valence-electron chi connectivity index (χ0n) is 9.38. The van der Waals surface area contributed by atoms with E-state index in [1.54, 1.807) is 0 Å². The molecule has 1 aliphatic rings. The summed E-state index contributed by atoms with van der Waals surface area (Å²) in [4.78, 5) is 0. The molecule has 0 bridgehead atoms. The first-order valence-electron chi connectivity index (χ1n) is 5.87. The molecular weight excluding hydrogens is 262 g/mol. The smallest absolute Gasteiger partial charge is 0.0822 e. The van der Waals surface area contributed by atoms with Crippen LogP contribution in [0.15, 0.2) is 24.3 Å². The lowest BCUT2D eigenvalue weighted by atomic mass is 9.70. The van der Waals surface area contributed by atoms with E-state index in [1.165, 1.54) is 30.4 Å². The summed E-state index contributed by atoms with van der Waals surface area (Å²) in [6.07, 6.45) is 5.71. The minimum absolute atomic E-state index is 0.205. The molecule has 0 spiro atoms. The second-order valence-electron chi connectivity index (χ2n) is 4.59. The Kier molecular flexibility index (Phi) is 3.66. The van der Waals surface area contributed by atoms with E-state index in [0.717, 1.165) is 18.2 Å². The van der Waals surface area contributed by atoms with Gasteiger partial charge in [-0.15, -0.1) is 0 Å². The third-order valence-electron chi connectivity index (χ3n) is 3.58. The number of rotatable bonds is 2. The molecule has 0 atom stereocenters. The Morgan fingerprint density at radius 3 is 2.25 bits per heavy atom. The van der Waals surface area contributed by atoms with Crippen molar-refractivity contribution in [2.45, 2.75) is 42.8 Å². The van der Waals surface area contributed by atoms with Crippen LogP contribution in [-0.4, -0.2) is 0 Å². The van der Waals surface area contributed by atoms with E-state index in [-0.39, 0.29) is 5.41 Å². The molecule has 0 N–H and O–H groups in total. The predicted octanol–water partition coefficient (Wildman–Crippen LogP) is 4.31. The Balaban J connectivity index is 2.29.